The van der Waals surface area contributed by atoms with E-state index in [1.54, 1.807) is 12.1 Å². The first-order valence-electron chi connectivity index (χ1n) is 7.94. The molecule has 0 amide bonds. The minimum Gasteiger partial charge on any atom is -0.456 e. The number of hydrogen-bond acceptors (Lipinski definition) is 5. The molecule has 3 aromatic carbocycles. The van der Waals surface area contributed by atoms with Gasteiger partial charge in [0.2, 0.25) is 0 Å². The second-order valence-electron chi connectivity index (χ2n) is 5.90. The zero-order valence-corrected chi connectivity index (χ0v) is 16.8. The number of benzene rings is 3. The second-order valence-corrected chi connectivity index (χ2v) is 8.24. The lowest BCUT2D eigenvalue weighted by Gasteiger charge is -2.02. The Labute approximate surface area is 167 Å². The highest BCUT2D eigenvalue weighted by molar-refractivity contribution is 7.85. The van der Waals surface area contributed by atoms with Gasteiger partial charge in [0.05, 0.1) is 9.41 Å². The van der Waals surface area contributed by atoms with Crippen molar-refractivity contribution in [1.82, 2.24) is 0 Å². The molecule has 4 nitrogen and oxygen atoms in total. The van der Waals surface area contributed by atoms with Crippen LogP contribution in [0.15, 0.2) is 80.9 Å². The van der Waals surface area contributed by atoms with E-state index in [4.69, 9.17) is 21.2 Å². The fourth-order valence-corrected chi connectivity index (χ4v) is 3.51. The van der Waals surface area contributed by atoms with Gasteiger partial charge < -0.3 is 4.42 Å². The summed E-state index contributed by atoms with van der Waals surface area (Å²) in [6, 6.07) is 19.5. The van der Waals surface area contributed by atoms with Gasteiger partial charge in [0, 0.05) is 15.7 Å². The fourth-order valence-electron chi connectivity index (χ4n) is 2.50. The SMILES string of the molecule is Cc1ccc(S(=O)(=O)O)cc1.S=c1c2ccccc2oc2ccc(S)cc12. The van der Waals surface area contributed by atoms with Gasteiger partial charge in [-0.15, -0.1) is 12.6 Å². The molecule has 1 aromatic heterocycles. The van der Waals surface area contributed by atoms with E-state index in [2.05, 4.69) is 12.6 Å². The van der Waals surface area contributed by atoms with Gasteiger partial charge in [0.1, 0.15) is 11.2 Å². The first kappa shape index (κ1) is 19.6. The van der Waals surface area contributed by atoms with Gasteiger partial charge in [-0.25, -0.2) is 0 Å². The van der Waals surface area contributed by atoms with Crippen LogP contribution in [0.4, 0.5) is 0 Å². The molecule has 0 aliphatic heterocycles. The van der Waals surface area contributed by atoms with Crippen molar-refractivity contribution in [3.63, 3.8) is 0 Å². The monoisotopic (exact) mass is 416 g/mol. The summed E-state index contributed by atoms with van der Waals surface area (Å²) in [5.74, 6) is 0. The lowest BCUT2D eigenvalue weighted by atomic mass is 10.1. The molecule has 4 rings (SSSR count). The zero-order valence-electron chi connectivity index (χ0n) is 14.3. The summed E-state index contributed by atoms with van der Waals surface area (Å²) in [4.78, 5) is 0.826. The predicted octanol–water partition coefficient (Wildman–Crippen LogP) is 5.85. The number of hydrogen-bond donors (Lipinski definition) is 2. The van der Waals surface area contributed by atoms with E-state index in [1.165, 1.54) is 12.1 Å². The van der Waals surface area contributed by atoms with Gasteiger partial charge in [-0.05, 0) is 49.4 Å². The zero-order chi connectivity index (χ0) is 19.6. The molecule has 0 spiro atoms. The third-order valence-electron chi connectivity index (χ3n) is 3.88. The molecule has 0 fully saturated rings. The van der Waals surface area contributed by atoms with Crippen LogP contribution in [0.25, 0.3) is 21.9 Å². The summed E-state index contributed by atoms with van der Waals surface area (Å²) in [6.45, 7) is 1.84. The predicted molar refractivity (Wildman–Crippen MR) is 113 cm³/mol. The van der Waals surface area contributed by atoms with E-state index in [-0.39, 0.29) is 4.90 Å². The van der Waals surface area contributed by atoms with Gasteiger partial charge >= 0.3 is 0 Å². The summed E-state index contributed by atoms with van der Waals surface area (Å²) >= 11 is 9.77. The molecule has 0 aliphatic carbocycles. The quantitative estimate of drug-likeness (QED) is 0.176. The third-order valence-corrected chi connectivity index (χ3v) is 5.46. The lowest BCUT2D eigenvalue weighted by molar-refractivity contribution is 0.483. The molecule has 0 saturated heterocycles. The summed E-state index contributed by atoms with van der Waals surface area (Å²) in [5.41, 5.74) is 2.59. The van der Waals surface area contributed by atoms with Crippen LogP contribution in [-0.2, 0) is 10.1 Å². The summed E-state index contributed by atoms with van der Waals surface area (Å²) < 4.78 is 36.2. The van der Waals surface area contributed by atoms with E-state index >= 15 is 0 Å². The molecule has 1 heterocycles. The van der Waals surface area contributed by atoms with Crippen LogP contribution in [0.3, 0.4) is 0 Å². The molecule has 0 unspecified atom stereocenters. The Balaban J connectivity index is 0.000000168. The van der Waals surface area contributed by atoms with E-state index in [9.17, 15) is 8.42 Å². The van der Waals surface area contributed by atoms with Crippen LogP contribution in [0.2, 0.25) is 0 Å². The van der Waals surface area contributed by atoms with Crippen molar-refractivity contribution in [2.45, 2.75) is 16.7 Å². The van der Waals surface area contributed by atoms with E-state index < -0.39 is 10.1 Å². The summed E-state index contributed by atoms with van der Waals surface area (Å²) in [6.07, 6.45) is 0. The molecule has 4 aromatic rings. The van der Waals surface area contributed by atoms with E-state index in [0.29, 0.717) is 0 Å². The molecule has 0 radical (unpaired) electrons. The van der Waals surface area contributed by atoms with Crippen LogP contribution in [0.5, 0.6) is 0 Å². The molecule has 7 heteroatoms. The first-order valence-corrected chi connectivity index (χ1v) is 10.2. The molecule has 0 atom stereocenters. The maximum Gasteiger partial charge on any atom is 0.294 e. The Bertz CT molecular complexity index is 1270. The largest absolute Gasteiger partial charge is 0.456 e. The highest BCUT2D eigenvalue weighted by atomic mass is 32.2. The van der Waals surface area contributed by atoms with Crippen LogP contribution in [-0.4, -0.2) is 13.0 Å². The van der Waals surface area contributed by atoms with Gasteiger partial charge in [-0.1, -0.05) is 42.0 Å². The molecular formula is C20H16O4S3. The van der Waals surface area contributed by atoms with Crippen molar-refractivity contribution in [1.29, 1.82) is 0 Å². The number of aryl methyl sites for hydroxylation is 1. The molecule has 27 heavy (non-hydrogen) atoms. The van der Waals surface area contributed by atoms with Gasteiger partial charge in [0.15, 0.2) is 0 Å². The topological polar surface area (TPSA) is 67.5 Å². The molecule has 0 bridgehead atoms. The average molecular weight is 417 g/mol. The summed E-state index contributed by atoms with van der Waals surface area (Å²) in [7, 11) is -4.02. The number of para-hydroxylation sites is 1. The van der Waals surface area contributed by atoms with Crippen LogP contribution in [0, 0.1) is 11.4 Å². The number of rotatable bonds is 1. The van der Waals surface area contributed by atoms with Crippen LogP contribution in [0.1, 0.15) is 5.56 Å². The van der Waals surface area contributed by atoms with Crippen molar-refractivity contribution in [3.05, 3.63) is 76.8 Å². The van der Waals surface area contributed by atoms with Crippen molar-refractivity contribution in [2.24, 2.45) is 0 Å². The molecule has 1 N–H and O–H groups in total. The molecule has 138 valence electrons. The Kier molecular flexibility index (Phi) is 5.67. The second kappa shape index (κ2) is 7.82. The molecular weight excluding hydrogens is 400 g/mol. The minimum atomic E-state index is -4.02. The average Bonchev–Trinajstić information content (AvgIpc) is 2.63. The normalized spacial score (nSPS) is 11.2. The van der Waals surface area contributed by atoms with E-state index in [0.717, 1.165) is 36.9 Å². The molecule has 0 saturated carbocycles. The fraction of sp³-hybridized carbons (Fsp3) is 0.0500. The van der Waals surface area contributed by atoms with Crippen molar-refractivity contribution < 1.29 is 17.4 Å². The summed E-state index contributed by atoms with van der Waals surface area (Å²) in [5, 5.41) is 1.92. The highest BCUT2D eigenvalue weighted by Crippen LogP contribution is 2.26. The van der Waals surface area contributed by atoms with Gasteiger partial charge in [-0.2, -0.15) is 8.42 Å². The smallest absolute Gasteiger partial charge is 0.294 e. The highest BCUT2D eigenvalue weighted by Gasteiger charge is 2.07. The molecule has 0 aliphatic rings. The van der Waals surface area contributed by atoms with E-state index in [1.807, 2.05) is 49.4 Å². The van der Waals surface area contributed by atoms with Gasteiger partial charge in [0.25, 0.3) is 10.1 Å². The Morgan fingerprint density at radius 3 is 2.22 bits per heavy atom. The third kappa shape index (κ3) is 4.56. The number of thiol groups is 1. The van der Waals surface area contributed by atoms with Crippen molar-refractivity contribution in [2.75, 3.05) is 0 Å². The van der Waals surface area contributed by atoms with Crippen molar-refractivity contribution >= 4 is 56.9 Å². The maximum absolute atomic E-state index is 10.5. The lowest BCUT2D eigenvalue weighted by Crippen LogP contribution is -1.96. The van der Waals surface area contributed by atoms with Crippen molar-refractivity contribution in [3.8, 4) is 0 Å². The standard InChI is InChI=1S/C13H8OS2.C7H8O3S/c15-8-5-6-12-10(7-8)13(16)9-3-1-2-4-11(9)14-12;1-6-2-4-7(5-3-6)11(8,9)10/h1-7,15H;2-5H,1H3,(H,8,9,10). The van der Waals surface area contributed by atoms with Crippen LogP contribution >= 0.6 is 24.8 Å². The maximum atomic E-state index is 10.5. The number of fused-ring (bicyclic) bond motifs is 2. The minimum absolute atomic E-state index is 0.0666. The Hall–Kier alpha value is -2.19. The Morgan fingerprint density at radius 1 is 0.926 bits per heavy atom. The first-order chi connectivity index (χ1) is 12.8. The Morgan fingerprint density at radius 2 is 1.56 bits per heavy atom. The van der Waals surface area contributed by atoms with Crippen LogP contribution < -0.4 is 0 Å². The van der Waals surface area contributed by atoms with Gasteiger partial charge in [-0.3, -0.25) is 4.55 Å².